The number of aliphatic carboxylic acids is 1. The zero-order valence-electron chi connectivity index (χ0n) is 31.8. The first-order valence-electron chi connectivity index (χ1n) is 19.2. The Morgan fingerprint density at radius 2 is 1.72 bits per heavy atom. The Bertz CT molecular complexity index is 2560. The van der Waals surface area contributed by atoms with Crippen molar-refractivity contribution < 1.29 is 46.1 Å². The molecule has 0 fully saturated rings. The normalized spacial score (nSPS) is 17.2. The number of carboxylic acid groups (broad SMARTS) is 1. The summed E-state index contributed by atoms with van der Waals surface area (Å²) in [6, 6.07) is 20.3. The highest BCUT2D eigenvalue weighted by atomic mass is 32.1. The zero-order valence-corrected chi connectivity index (χ0v) is 33.4. The predicted octanol–water partition coefficient (Wildman–Crippen LogP) is 11.1. The Balaban J connectivity index is 0.977. The van der Waals surface area contributed by atoms with E-state index < -0.39 is 36.1 Å². The van der Waals surface area contributed by atoms with Gasteiger partial charge in [-0.1, -0.05) is 66.8 Å². The van der Waals surface area contributed by atoms with Crippen LogP contribution in [-0.2, 0) is 30.5 Å². The number of carboxylic acids is 1. The van der Waals surface area contributed by atoms with E-state index in [9.17, 15) is 41.4 Å². The number of para-hydroxylation sites is 2. The second-order valence-electron chi connectivity index (χ2n) is 14.8. The van der Waals surface area contributed by atoms with E-state index in [0.717, 1.165) is 44.7 Å². The lowest BCUT2D eigenvalue weighted by molar-refractivity contribution is -0.160. The summed E-state index contributed by atoms with van der Waals surface area (Å²) in [6.07, 6.45) is -1.17. The number of benzene rings is 3. The number of hydrogen-bond donors (Lipinski definition) is 2. The van der Waals surface area contributed by atoms with Gasteiger partial charge in [0.15, 0.2) is 6.29 Å². The number of rotatable bonds is 14. The number of aromatic nitrogens is 3. The molecule has 0 saturated carbocycles. The summed E-state index contributed by atoms with van der Waals surface area (Å²) >= 11 is 2.68. The molecule has 0 radical (unpaired) electrons. The molecule has 6 aromatic rings. The van der Waals surface area contributed by atoms with Gasteiger partial charge >= 0.3 is 18.3 Å². The minimum atomic E-state index is -4.50. The average Bonchev–Trinajstić information content (AvgIpc) is 4.01. The Morgan fingerprint density at radius 1 is 0.950 bits per heavy atom. The third kappa shape index (κ3) is 9.15. The van der Waals surface area contributed by atoms with E-state index in [1.807, 2.05) is 53.2 Å². The number of hydrogen-bond acceptors (Lipinski definition) is 8. The van der Waals surface area contributed by atoms with Gasteiger partial charge in [-0.2, -0.15) is 26.3 Å². The van der Waals surface area contributed by atoms with Gasteiger partial charge < -0.3 is 24.4 Å². The van der Waals surface area contributed by atoms with Gasteiger partial charge in [-0.3, -0.25) is 4.79 Å². The van der Waals surface area contributed by atoms with Gasteiger partial charge in [0, 0.05) is 70.3 Å². The van der Waals surface area contributed by atoms with Crippen LogP contribution in [0.25, 0.3) is 27.0 Å². The molecule has 4 heterocycles. The zero-order chi connectivity index (χ0) is 42.2. The van der Waals surface area contributed by atoms with Crippen molar-refractivity contribution in [1.29, 1.82) is 0 Å². The summed E-state index contributed by atoms with van der Waals surface area (Å²) in [5, 5.41) is 22.7. The fraction of sp³-hybridized carbons (Fsp3) is 0.295. The van der Waals surface area contributed by atoms with Crippen molar-refractivity contribution in [2.45, 2.75) is 69.8 Å². The van der Waals surface area contributed by atoms with Crippen molar-refractivity contribution in [1.82, 2.24) is 14.5 Å². The maximum Gasteiger partial charge on any atom is 0.416 e. The standard InChI is InChI=1S/C44H38F6N4O4S2/c45-43(46,47)30-15-9-26(10-16-30)41-51-21-32(59-41)24-53-22-29(34-6-1-3-7-35(34)53)14-20-39(57)58-40-37(60-42(52-40)27-11-17-31(18-12-27)44(48,49)50)25-54-23-28(13-19-38(55)56)33-5-2-4-8-36(33)54/h1-12,15,17-18,21,23,29-30,39,57H,13-14,16,19-20,22,24-25H2,(H,55,56). The molecule has 8 rings (SSSR count). The van der Waals surface area contributed by atoms with Crippen molar-refractivity contribution in [3.8, 4) is 16.5 Å². The van der Waals surface area contributed by atoms with Crippen molar-refractivity contribution in [3.05, 3.63) is 135 Å². The number of thiazole rings is 2. The number of alkyl halides is 6. The molecule has 1 aliphatic heterocycles. The summed E-state index contributed by atoms with van der Waals surface area (Å²) < 4.78 is 87.7. The molecule has 16 heteroatoms. The fourth-order valence-corrected chi connectivity index (χ4v) is 9.69. The number of aryl methyl sites for hydroxylation is 1. The number of aliphatic hydroxyl groups excluding tert-OH is 1. The van der Waals surface area contributed by atoms with Gasteiger partial charge in [-0.25, -0.2) is 9.97 Å². The van der Waals surface area contributed by atoms with E-state index >= 15 is 0 Å². The van der Waals surface area contributed by atoms with Crippen LogP contribution in [0.15, 0.2) is 103 Å². The Morgan fingerprint density at radius 3 is 2.45 bits per heavy atom. The lowest BCUT2D eigenvalue weighted by atomic mass is 9.96. The molecule has 1 aliphatic carbocycles. The van der Waals surface area contributed by atoms with Crippen LogP contribution in [0.3, 0.4) is 0 Å². The van der Waals surface area contributed by atoms with Gasteiger partial charge in [-0.15, -0.1) is 22.7 Å². The van der Waals surface area contributed by atoms with Gasteiger partial charge in [0.2, 0.25) is 5.88 Å². The number of ether oxygens (including phenoxy) is 1. The van der Waals surface area contributed by atoms with Crippen molar-refractivity contribution in [2.75, 3.05) is 11.4 Å². The third-order valence-corrected chi connectivity index (χ3v) is 12.9. The minimum Gasteiger partial charge on any atom is -0.481 e. The van der Waals surface area contributed by atoms with Crippen LogP contribution in [-0.4, -0.2) is 49.7 Å². The summed E-state index contributed by atoms with van der Waals surface area (Å²) in [6.45, 7) is 1.45. The first kappa shape index (κ1) is 41.3. The number of nitrogens with zero attached hydrogens (tertiary/aromatic N) is 4. The van der Waals surface area contributed by atoms with Gasteiger partial charge in [0.1, 0.15) is 10.0 Å². The van der Waals surface area contributed by atoms with Gasteiger partial charge in [0.25, 0.3) is 0 Å². The average molecular weight is 865 g/mol. The van der Waals surface area contributed by atoms with Crippen molar-refractivity contribution >= 4 is 50.8 Å². The number of anilines is 1. The van der Waals surface area contributed by atoms with Gasteiger partial charge in [0.05, 0.1) is 29.4 Å². The molecule has 3 aromatic heterocycles. The maximum absolute atomic E-state index is 13.4. The second-order valence-corrected chi connectivity index (χ2v) is 17.0. The van der Waals surface area contributed by atoms with Crippen LogP contribution >= 0.6 is 22.7 Å². The highest BCUT2D eigenvalue weighted by Gasteiger charge is 2.38. The highest BCUT2D eigenvalue weighted by molar-refractivity contribution is 7.15. The molecular weight excluding hydrogens is 827 g/mol. The van der Waals surface area contributed by atoms with E-state index in [-0.39, 0.29) is 37.6 Å². The SMILES string of the molecule is O=C(O)CCc1cn(Cc2sc(-c3ccc(C(F)(F)F)cc3)nc2OC(O)CCC2CN(Cc3cnc(C4=CCC(C(F)(F)F)C=C4)s3)c3ccccc32)c2ccccc12. The molecule has 2 N–H and O–H groups in total. The Labute approximate surface area is 348 Å². The molecule has 2 aliphatic rings. The molecule has 3 unspecified atom stereocenters. The molecule has 0 bridgehead atoms. The summed E-state index contributed by atoms with van der Waals surface area (Å²) in [5.41, 5.74) is 4.21. The fourth-order valence-electron chi connectivity index (χ4n) is 7.74. The molecular formula is C44H38F6N4O4S2. The first-order chi connectivity index (χ1) is 28.7. The Hall–Kier alpha value is -5.45. The number of halogens is 6. The monoisotopic (exact) mass is 864 g/mol. The van der Waals surface area contributed by atoms with Crippen molar-refractivity contribution in [3.63, 3.8) is 0 Å². The predicted molar refractivity (Wildman–Crippen MR) is 219 cm³/mol. The first-order valence-corrected chi connectivity index (χ1v) is 20.9. The third-order valence-electron chi connectivity index (χ3n) is 10.7. The Kier molecular flexibility index (Phi) is 11.6. The van der Waals surface area contributed by atoms with E-state index in [4.69, 9.17) is 4.74 Å². The number of aliphatic hydroxyl groups is 1. The van der Waals surface area contributed by atoms with Crippen LogP contribution < -0.4 is 9.64 Å². The number of allylic oxidation sites excluding steroid dienone is 4. The summed E-state index contributed by atoms with van der Waals surface area (Å²) in [7, 11) is 0. The molecule has 3 atom stereocenters. The van der Waals surface area contributed by atoms with Crippen LogP contribution in [0.5, 0.6) is 5.88 Å². The molecule has 60 heavy (non-hydrogen) atoms. The second kappa shape index (κ2) is 16.9. The van der Waals surface area contributed by atoms with E-state index in [0.29, 0.717) is 52.0 Å². The smallest absolute Gasteiger partial charge is 0.416 e. The van der Waals surface area contributed by atoms with E-state index in [1.54, 1.807) is 12.3 Å². The number of carbonyl (C=O) groups is 1. The summed E-state index contributed by atoms with van der Waals surface area (Å²) in [5.74, 6) is -2.21. The lowest BCUT2D eigenvalue weighted by Crippen LogP contribution is -2.22. The van der Waals surface area contributed by atoms with Gasteiger partial charge in [-0.05, 0) is 54.7 Å². The molecule has 8 nitrogen and oxygen atoms in total. The van der Waals surface area contributed by atoms with Crippen LogP contribution in [0.2, 0.25) is 0 Å². The molecule has 312 valence electrons. The molecule has 0 spiro atoms. The van der Waals surface area contributed by atoms with Crippen LogP contribution in [0.4, 0.5) is 32.0 Å². The van der Waals surface area contributed by atoms with Crippen LogP contribution in [0.1, 0.15) is 63.1 Å². The maximum atomic E-state index is 13.4. The van der Waals surface area contributed by atoms with Crippen molar-refractivity contribution in [2.24, 2.45) is 5.92 Å². The molecule has 0 amide bonds. The van der Waals surface area contributed by atoms with Crippen LogP contribution in [0, 0.1) is 5.92 Å². The number of fused-ring (bicyclic) bond motifs is 2. The summed E-state index contributed by atoms with van der Waals surface area (Å²) in [4.78, 5) is 24.4. The molecule has 0 saturated heterocycles. The largest absolute Gasteiger partial charge is 0.481 e. The van der Waals surface area contributed by atoms with E-state index in [1.165, 1.54) is 47.0 Å². The minimum absolute atomic E-state index is 0.0446. The lowest BCUT2D eigenvalue weighted by Gasteiger charge is -2.19. The molecule has 3 aromatic carbocycles. The highest BCUT2D eigenvalue weighted by Crippen LogP contribution is 2.42. The van der Waals surface area contributed by atoms with E-state index in [2.05, 4.69) is 20.9 Å². The topological polar surface area (TPSA) is 101 Å². The quantitative estimate of drug-likeness (QED) is 0.0831.